The Morgan fingerprint density at radius 1 is 1.20 bits per heavy atom. The second kappa shape index (κ2) is 11.4. The molecule has 0 bridgehead atoms. The molecule has 3 heterocycles. The number of hydrogen-bond acceptors (Lipinski definition) is 8. The van der Waals surface area contributed by atoms with E-state index in [0.717, 1.165) is 43.3 Å². The number of carbonyl (C=O) groups is 2. The van der Waals surface area contributed by atoms with Gasteiger partial charge in [-0.3, -0.25) is 9.59 Å². The van der Waals surface area contributed by atoms with Crippen LogP contribution in [-0.2, 0) is 9.59 Å². The number of methoxy groups -OCH3 is 1. The molecule has 1 aliphatic rings. The van der Waals surface area contributed by atoms with E-state index < -0.39 is 0 Å². The Morgan fingerprint density at radius 2 is 2.00 bits per heavy atom. The second-order valence-electron chi connectivity index (χ2n) is 9.14. The third-order valence-corrected chi connectivity index (χ3v) is 6.45. The summed E-state index contributed by atoms with van der Waals surface area (Å²) in [5, 5.41) is 12.5. The highest BCUT2D eigenvalue weighted by Gasteiger charge is 2.32. The van der Waals surface area contributed by atoms with Gasteiger partial charge in [-0.1, -0.05) is 31.9 Å². The minimum Gasteiger partial charge on any atom is -0.496 e. The van der Waals surface area contributed by atoms with E-state index >= 15 is 0 Å². The monoisotopic (exact) mass is 479 g/mol. The quantitative estimate of drug-likeness (QED) is 0.389. The summed E-state index contributed by atoms with van der Waals surface area (Å²) in [5.41, 5.74) is 1.28. The normalized spacial score (nSPS) is 15.1. The molecule has 9 nitrogen and oxygen atoms in total. The van der Waals surface area contributed by atoms with Gasteiger partial charge in [-0.25, -0.2) is 4.98 Å². The van der Waals surface area contributed by atoms with E-state index in [1.54, 1.807) is 13.2 Å². The van der Waals surface area contributed by atoms with E-state index in [-0.39, 0.29) is 29.5 Å². The van der Waals surface area contributed by atoms with Crippen molar-refractivity contribution in [2.75, 3.05) is 27.2 Å². The first-order chi connectivity index (χ1) is 17.0. The maximum atomic E-state index is 12.8. The summed E-state index contributed by atoms with van der Waals surface area (Å²) in [5.74, 6) is 1.56. The molecule has 1 saturated heterocycles. The van der Waals surface area contributed by atoms with Crippen LogP contribution in [0.3, 0.4) is 0 Å². The highest BCUT2D eigenvalue weighted by Crippen LogP contribution is 2.30. The van der Waals surface area contributed by atoms with Gasteiger partial charge in [0.05, 0.1) is 18.5 Å². The number of ether oxygens (including phenoxy) is 1. The molecule has 186 valence electrons. The first-order valence-electron chi connectivity index (χ1n) is 12.3. The van der Waals surface area contributed by atoms with Crippen LogP contribution in [0.5, 0.6) is 5.75 Å². The van der Waals surface area contributed by atoms with Crippen molar-refractivity contribution in [2.45, 2.75) is 51.5 Å². The Morgan fingerprint density at radius 3 is 2.74 bits per heavy atom. The summed E-state index contributed by atoms with van der Waals surface area (Å²) in [4.78, 5) is 31.1. The maximum Gasteiger partial charge on any atom is 0.266 e. The number of unbranched alkanes of at least 4 members (excludes halogenated alkanes) is 2. The molecule has 1 fully saturated rings. The van der Waals surface area contributed by atoms with Crippen molar-refractivity contribution in [3.05, 3.63) is 36.2 Å². The Hall–Kier alpha value is -3.33. The van der Waals surface area contributed by atoms with Crippen LogP contribution in [0.2, 0.25) is 0 Å². The molecule has 3 aromatic rings. The van der Waals surface area contributed by atoms with Gasteiger partial charge in [-0.05, 0) is 32.0 Å². The number of nitrogens with zero attached hydrogens (tertiary/aromatic N) is 4. The Kier molecular flexibility index (Phi) is 8.07. The minimum absolute atomic E-state index is 0.000454. The molecule has 35 heavy (non-hydrogen) atoms. The fourth-order valence-electron chi connectivity index (χ4n) is 4.34. The molecule has 1 N–H and O–H groups in total. The average Bonchev–Trinajstić information content (AvgIpc) is 3.35. The standard InChI is InChI=1S/C26H33N5O4/c1-4-18(32)10-6-5-7-13-21(28-24(33)17-15-31(2)16-17)25-29-30-26(35-25)22-14-23(34-3)19-11-8-9-12-20(19)27-22/h8-9,11-12,14,17,21H,4-7,10,13,15-16H2,1-3H3,(H,28,33)/t21-/m0/s1. The molecule has 1 atom stereocenters. The van der Waals surface area contributed by atoms with Gasteiger partial charge in [0.25, 0.3) is 5.89 Å². The van der Waals surface area contributed by atoms with Gasteiger partial charge in [-0.15, -0.1) is 10.2 Å². The van der Waals surface area contributed by atoms with Gasteiger partial charge >= 0.3 is 0 Å². The number of Topliss-reactive ketones (excluding diaryl/α,β-unsaturated/α-hetero) is 1. The number of hydrogen-bond donors (Lipinski definition) is 1. The first kappa shape index (κ1) is 24.8. The van der Waals surface area contributed by atoms with Gasteiger partial charge < -0.3 is 19.4 Å². The van der Waals surface area contributed by atoms with Gasteiger partial charge in [-0.2, -0.15) is 0 Å². The number of aromatic nitrogens is 3. The largest absolute Gasteiger partial charge is 0.496 e. The molecule has 0 spiro atoms. The molecular weight excluding hydrogens is 446 g/mol. The molecule has 0 radical (unpaired) electrons. The van der Waals surface area contributed by atoms with Gasteiger partial charge in [0.15, 0.2) is 0 Å². The number of amides is 1. The average molecular weight is 480 g/mol. The van der Waals surface area contributed by atoms with Crippen LogP contribution < -0.4 is 10.1 Å². The van der Waals surface area contributed by atoms with Crippen LogP contribution in [-0.4, -0.2) is 59.0 Å². The first-order valence-corrected chi connectivity index (χ1v) is 12.3. The minimum atomic E-state index is -0.390. The van der Waals surface area contributed by atoms with Crippen LogP contribution in [0.15, 0.2) is 34.7 Å². The lowest BCUT2D eigenvalue weighted by Gasteiger charge is -2.35. The lowest BCUT2D eigenvalue weighted by atomic mass is 9.99. The number of para-hydroxylation sites is 1. The van der Waals surface area contributed by atoms with Crippen molar-refractivity contribution in [2.24, 2.45) is 5.92 Å². The van der Waals surface area contributed by atoms with E-state index in [0.29, 0.717) is 36.6 Å². The number of benzene rings is 1. The summed E-state index contributed by atoms with van der Waals surface area (Å²) in [6, 6.07) is 9.08. The highest BCUT2D eigenvalue weighted by molar-refractivity contribution is 5.87. The van der Waals surface area contributed by atoms with E-state index in [4.69, 9.17) is 9.15 Å². The van der Waals surface area contributed by atoms with Crippen LogP contribution in [0.1, 0.15) is 57.4 Å². The van der Waals surface area contributed by atoms with E-state index in [1.165, 1.54) is 0 Å². The molecule has 1 amide bonds. The van der Waals surface area contributed by atoms with Crippen LogP contribution in [0, 0.1) is 5.92 Å². The molecule has 0 aliphatic carbocycles. The lowest BCUT2D eigenvalue weighted by Crippen LogP contribution is -2.52. The molecule has 2 aromatic heterocycles. The number of pyridine rings is 1. The number of likely N-dealkylation sites (tertiary alicyclic amines) is 1. The smallest absolute Gasteiger partial charge is 0.266 e. The molecule has 9 heteroatoms. The van der Waals surface area contributed by atoms with Crippen LogP contribution >= 0.6 is 0 Å². The summed E-state index contributed by atoms with van der Waals surface area (Å²) >= 11 is 0. The third kappa shape index (κ3) is 6.03. The summed E-state index contributed by atoms with van der Waals surface area (Å²) in [7, 11) is 3.61. The van der Waals surface area contributed by atoms with Gasteiger partial charge in [0.1, 0.15) is 23.3 Å². The Labute approximate surface area is 205 Å². The molecule has 1 aliphatic heterocycles. The van der Waals surface area contributed by atoms with Crippen molar-refractivity contribution in [3.63, 3.8) is 0 Å². The predicted octanol–water partition coefficient (Wildman–Crippen LogP) is 3.94. The molecule has 0 saturated carbocycles. The zero-order valence-corrected chi connectivity index (χ0v) is 20.6. The molecular formula is C26H33N5O4. The Balaban J connectivity index is 1.50. The summed E-state index contributed by atoms with van der Waals surface area (Å²) in [6.07, 6.45) is 4.41. The summed E-state index contributed by atoms with van der Waals surface area (Å²) < 4.78 is 11.6. The zero-order chi connectivity index (χ0) is 24.8. The van der Waals surface area contributed by atoms with Crippen molar-refractivity contribution in [1.82, 2.24) is 25.4 Å². The number of carbonyl (C=O) groups excluding carboxylic acids is 2. The number of nitrogens with one attached hydrogen (secondary N) is 1. The van der Waals surface area contributed by atoms with Crippen molar-refractivity contribution in [1.29, 1.82) is 0 Å². The Bertz CT molecular complexity index is 1170. The van der Waals surface area contributed by atoms with Gasteiger partial charge in [0.2, 0.25) is 11.8 Å². The lowest BCUT2D eigenvalue weighted by molar-refractivity contribution is -0.130. The fourth-order valence-corrected chi connectivity index (χ4v) is 4.34. The van der Waals surface area contributed by atoms with Crippen molar-refractivity contribution in [3.8, 4) is 17.3 Å². The van der Waals surface area contributed by atoms with Crippen LogP contribution in [0.25, 0.3) is 22.5 Å². The van der Waals surface area contributed by atoms with Gasteiger partial charge in [0, 0.05) is 37.4 Å². The van der Waals surface area contributed by atoms with E-state index in [9.17, 15) is 9.59 Å². The molecule has 4 rings (SSSR count). The highest BCUT2D eigenvalue weighted by atomic mass is 16.5. The summed E-state index contributed by atoms with van der Waals surface area (Å²) in [6.45, 7) is 3.38. The maximum absolute atomic E-state index is 12.8. The SMILES string of the molecule is CCC(=O)CCCCC[C@H](NC(=O)C1CN(C)C1)c1nnc(-c2cc(OC)c3ccccc3n2)o1. The van der Waals surface area contributed by atoms with E-state index in [1.807, 2.05) is 38.2 Å². The topological polar surface area (TPSA) is 110 Å². The number of ketones is 1. The van der Waals surface area contributed by atoms with E-state index in [2.05, 4.69) is 25.4 Å². The third-order valence-electron chi connectivity index (χ3n) is 6.45. The zero-order valence-electron chi connectivity index (χ0n) is 20.6. The predicted molar refractivity (Wildman–Crippen MR) is 132 cm³/mol. The van der Waals surface area contributed by atoms with Crippen LogP contribution in [0.4, 0.5) is 0 Å². The molecule has 0 unspecified atom stereocenters. The second-order valence-corrected chi connectivity index (χ2v) is 9.14. The molecule has 1 aromatic carbocycles. The van der Waals surface area contributed by atoms with Crippen molar-refractivity contribution < 1.29 is 18.7 Å². The fraction of sp³-hybridized carbons (Fsp3) is 0.500. The number of rotatable bonds is 12. The number of fused-ring (bicyclic) bond motifs is 1. The van der Waals surface area contributed by atoms with Crippen molar-refractivity contribution >= 4 is 22.6 Å².